The van der Waals surface area contributed by atoms with Crippen LogP contribution in [0.25, 0.3) is 0 Å². The second kappa shape index (κ2) is 6.93. The summed E-state index contributed by atoms with van der Waals surface area (Å²) < 4.78 is 0. The fraction of sp³-hybridized carbons (Fsp3) is 0.562. The minimum Gasteiger partial charge on any atom is -0.347 e. The van der Waals surface area contributed by atoms with E-state index in [4.69, 9.17) is 11.6 Å². The molecule has 2 aliphatic heterocycles. The molecule has 0 unspecified atom stereocenters. The average Bonchev–Trinajstić information content (AvgIpc) is 2.90. The van der Waals surface area contributed by atoms with E-state index >= 15 is 0 Å². The maximum Gasteiger partial charge on any atom is 0.300 e. The Morgan fingerprint density at radius 1 is 1.32 bits per heavy atom. The molecule has 1 aromatic heterocycles. The van der Waals surface area contributed by atoms with E-state index in [0.717, 1.165) is 37.3 Å². The lowest BCUT2D eigenvalue weighted by Crippen LogP contribution is -2.50. The van der Waals surface area contributed by atoms with Gasteiger partial charge in [0.15, 0.2) is 5.82 Å². The average molecular weight is 382 g/mol. The zero-order valence-electron chi connectivity index (χ0n) is 14.9. The van der Waals surface area contributed by atoms with E-state index in [1.54, 1.807) is 12.3 Å². The van der Waals surface area contributed by atoms with Crippen molar-refractivity contribution in [3.8, 4) is 0 Å². The summed E-state index contributed by atoms with van der Waals surface area (Å²) in [6, 6.07) is 3.68. The Balaban J connectivity index is 1.83. The van der Waals surface area contributed by atoms with E-state index in [0.29, 0.717) is 23.9 Å². The van der Waals surface area contributed by atoms with E-state index in [-0.39, 0.29) is 4.92 Å². The molecule has 0 spiro atoms. The van der Waals surface area contributed by atoms with Crippen LogP contribution in [0.3, 0.4) is 0 Å². The van der Waals surface area contributed by atoms with Crippen molar-refractivity contribution in [3.63, 3.8) is 0 Å². The normalized spacial score (nSPS) is 18.7. The third-order valence-corrected chi connectivity index (χ3v) is 5.94. The van der Waals surface area contributed by atoms with Crippen LogP contribution in [0.2, 0.25) is 24.8 Å². The maximum absolute atomic E-state index is 11.7. The van der Waals surface area contributed by atoms with Crippen LogP contribution in [-0.2, 0) is 6.54 Å². The first-order chi connectivity index (χ1) is 11.7. The van der Waals surface area contributed by atoms with Crippen LogP contribution in [0, 0.1) is 10.1 Å². The van der Waals surface area contributed by atoms with Crippen LogP contribution in [-0.4, -0.2) is 65.2 Å². The Kier molecular flexibility index (Phi) is 5.03. The predicted molar refractivity (Wildman–Crippen MR) is 100 cm³/mol. The van der Waals surface area contributed by atoms with Crippen molar-refractivity contribution in [2.75, 3.05) is 32.5 Å². The van der Waals surface area contributed by atoms with Crippen molar-refractivity contribution in [2.45, 2.75) is 26.2 Å². The Hall–Kier alpha value is -1.64. The zero-order valence-corrected chi connectivity index (χ0v) is 16.7. The lowest BCUT2D eigenvalue weighted by Gasteiger charge is -2.37. The van der Waals surface area contributed by atoms with Gasteiger partial charge in [-0.25, -0.2) is 4.98 Å². The molecule has 9 heteroatoms. The summed E-state index contributed by atoms with van der Waals surface area (Å²) in [7, 11) is -1.32. The SMILES string of the molecule is C[Si](C)(C)CN1CC([N+](=O)[O-])=C2N(Cc3ccc(Cl)nc3)CCN2C1. The molecule has 0 bridgehead atoms. The molecule has 0 aliphatic carbocycles. The highest BCUT2D eigenvalue weighted by Gasteiger charge is 2.40. The minimum atomic E-state index is -1.32. The van der Waals surface area contributed by atoms with Gasteiger partial charge in [-0.15, -0.1) is 0 Å². The van der Waals surface area contributed by atoms with Crippen molar-refractivity contribution in [2.24, 2.45) is 0 Å². The van der Waals surface area contributed by atoms with Crippen LogP contribution in [0.5, 0.6) is 0 Å². The molecular formula is C16H24ClN5O2Si. The smallest absolute Gasteiger partial charge is 0.300 e. The van der Waals surface area contributed by atoms with Crippen molar-refractivity contribution in [1.82, 2.24) is 19.7 Å². The van der Waals surface area contributed by atoms with Gasteiger partial charge < -0.3 is 9.80 Å². The van der Waals surface area contributed by atoms with Crippen LogP contribution < -0.4 is 0 Å². The lowest BCUT2D eigenvalue weighted by molar-refractivity contribution is -0.433. The van der Waals surface area contributed by atoms with Crippen LogP contribution >= 0.6 is 11.6 Å². The van der Waals surface area contributed by atoms with Crippen LogP contribution in [0.4, 0.5) is 0 Å². The third kappa shape index (κ3) is 4.31. The van der Waals surface area contributed by atoms with Crippen LogP contribution in [0.15, 0.2) is 29.8 Å². The van der Waals surface area contributed by atoms with Gasteiger partial charge in [0, 0.05) is 25.8 Å². The molecule has 0 amide bonds. The summed E-state index contributed by atoms with van der Waals surface area (Å²) in [6.45, 7) is 10.3. The van der Waals surface area contributed by atoms with Gasteiger partial charge >= 0.3 is 0 Å². The number of hydrogen-bond acceptors (Lipinski definition) is 6. The number of hydrogen-bond donors (Lipinski definition) is 0. The molecule has 0 saturated carbocycles. The molecule has 25 heavy (non-hydrogen) atoms. The zero-order chi connectivity index (χ0) is 18.2. The monoisotopic (exact) mass is 381 g/mol. The highest BCUT2D eigenvalue weighted by Crippen LogP contribution is 2.29. The first-order valence-corrected chi connectivity index (χ1v) is 12.5. The number of halogens is 1. The van der Waals surface area contributed by atoms with E-state index in [2.05, 4.69) is 39.3 Å². The van der Waals surface area contributed by atoms with Crippen molar-refractivity contribution < 1.29 is 4.92 Å². The maximum atomic E-state index is 11.7. The predicted octanol–water partition coefficient (Wildman–Crippen LogP) is 2.45. The Bertz CT molecular complexity index is 689. The number of aromatic nitrogens is 1. The van der Waals surface area contributed by atoms with Crippen molar-refractivity contribution in [1.29, 1.82) is 0 Å². The van der Waals surface area contributed by atoms with Gasteiger partial charge in [0.05, 0.1) is 26.2 Å². The summed E-state index contributed by atoms with van der Waals surface area (Å²) in [6.07, 6.45) is 2.70. The van der Waals surface area contributed by atoms with Crippen molar-refractivity contribution >= 4 is 19.7 Å². The molecule has 7 nitrogen and oxygen atoms in total. The Morgan fingerprint density at radius 2 is 2.08 bits per heavy atom. The summed E-state index contributed by atoms with van der Waals surface area (Å²) in [5, 5.41) is 12.2. The second-order valence-electron chi connectivity index (χ2n) is 7.89. The Morgan fingerprint density at radius 3 is 2.68 bits per heavy atom. The largest absolute Gasteiger partial charge is 0.347 e. The molecule has 2 aliphatic rings. The highest BCUT2D eigenvalue weighted by atomic mass is 35.5. The van der Waals surface area contributed by atoms with E-state index < -0.39 is 8.07 Å². The van der Waals surface area contributed by atoms with Gasteiger partial charge in [-0.3, -0.25) is 15.0 Å². The third-order valence-electron chi connectivity index (χ3n) is 4.32. The number of fused-ring (bicyclic) bond motifs is 1. The van der Waals surface area contributed by atoms with E-state index in [9.17, 15) is 10.1 Å². The van der Waals surface area contributed by atoms with Crippen LogP contribution in [0.1, 0.15) is 5.56 Å². The standard InChI is InChI=1S/C16H24ClN5O2Si/c1-25(2,3)12-19-10-14(22(23)24)16-20(6-7-21(16)11-19)9-13-4-5-15(17)18-8-13/h4-5,8H,6-7,9-12H2,1-3H3. The van der Waals surface area contributed by atoms with Gasteiger partial charge in [0.25, 0.3) is 5.70 Å². The highest BCUT2D eigenvalue weighted by molar-refractivity contribution is 6.76. The number of pyridine rings is 1. The van der Waals surface area contributed by atoms with Gasteiger partial charge in [0.2, 0.25) is 0 Å². The molecule has 0 N–H and O–H groups in total. The van der Waals surface area contributed by atoms with Gasteiger partial charge in [-0.05, 0) is 17.8 Å². The first-order valence-electron chi connectivity index (χ1n) is 8.43. The van der Waals surface area contributed by atoms with E-state index in [1.807, 2.05) is 6.07 Å². The summed E-state index contributed by atoms with van der Waals surface area (Å²) in [5.74, 6) is 0.770. The molecule has 136 valence electrons. The number of nitrogens with zero attached hydrogens (tertiary/aromatic N) is 5. The molecule has 3 heterocycles. The first kappa shape index (κ1) is 18.2. The molecule has 0 radical (unpaired) electrons. The molecule has 0 aromatic carbocycles. The fourth-order valence-corrected chi connectivity index (χ4v) is 5.19. The lowest BCUT2D eigenvalue weighted by atomic mass is 10.2. The fourth-order valence-electron chi connectivity index (χ4n) is 3.52. The van der Waals surface area contributed by atoms with Gasteiger partial charge in [-0.2, -0.15) is 0 Å². The molecule has 3 rings (SSSR count). The molecule has 1 saturated heterocycles. The van der Waals surface area contributed by atoms with Crippen molar-refractivity contribution in [3.05, 3.63) is 50.7 Å². The quantitative estimate of drug-likeness (QED) is 0.338. The topological polar surface area (TPSA) is 65.8 Å². The van der Waals surface area contributed by atoms with Gasteiger partial charge in [-0.1, -0.05) is 37.3 Å². The van der Waals surface area contributed by atoms with Gasteiger partial charge in [0.1, 0.15) is 5.15 Å². The molecule has 0 atom stereocenters. The summed E-state index contributed by atoms with van der Waals surface area (Å²) >= 11 is 5.84. The second-order valence-corrected chi connectivity index (χ2v) is 13.7. The summed E-state index contributed by atoms with van der Waals surface area (Å²) in [5.41, 5.74) is 1.31. The van der Waals surface area contributed by atoms with E-state index in [1.165, 1.54) is 0 Å². The minimum absolute atomic E-state index is 0.211. The molecule has 1 fully saturated rings. The number of nitro groups is 1. The molecule has 1 aromatic rings. The number of rotatable bonds is 5. The summed E-state index contributed by atoms with van der Waals surface area (Å²) in [4.78, 5) is 22.1. The Labute approximate surface area is 154 Å². The molecular weight excluding hydrogens is 358 g/mol.